The van der Waals surface area contributed by atoms with E-state index < -0.39 is 0 Å². The van der Waals surface area contributed by atoms with E-state index in [4.69, 9.17) is 31.4 Å². The Balaban J connectivity index is 1.04. The van der Waals surface area contributed by atoms with Crippen LogP contribution in [0.4, 0.5) is 40.6 Å². The molecular weight excluding hydrogens is 779 g/mol. The third-order valence-electron chi connectivity index (χ3n) is 11.8. The van der Waals surface area contributed by atoms with Gasteiger partial charge >= 0.3 is 0 Å². The first-order valence-corrected chi connectivity index (χ1v) is 21.0. The number of anilines is 7. The molecule has 1 atom stereocenters. The first kappa shape index (κ1) is 40.1. The van der Waals surface area contributed by atoms with E-state index in [1.54, 1.807) is 18.2 Å². The summed E-state index contributed by atoms with van der Waals surface area (Å²) in [6.07, 6.45) is 6.14. The number of nitrogens with zero attached hydrogens (tertiary/aromatic N) is 9. The maximum Gasteiger partial charge on any atom is 0.155 e. The Morgan fingerprint density at radius 3 is 2.26 bits per heavy atom. The monoisotopic (exact) mass is 829 g/mol. The average Bonchev–Trinajstić information content (AvgIpc) is 3.29. The zero-order valence-electron chi connectivity index (χ0n) is 34.9. The summed E-state index contributed by atoms with van der Waals surface area (Å²) in [7, 11) is 2.07. The SMILES string of the molecule is Cc1cccc2cc(CNc3ncnc(NC4CN(c5nc6ccccc6cc5CNc5ncnc(N)c5N)CCN4C)c3C(=N)c3cccc(O)c3)c(N3CCCCC3)nc12. The molecule has 4 aromatic heterocycles. The number of para-hydroxylation sites is 2. The van der Waals surface area contributed by atoms with Crippen LogP contribution < -0.4 is 37.2 Å². The second-order valence-corrected chi connectivity index (χ2v) is 16.0. The maximum atomic E-state index is 10.5. The molecule has 0 saturated carbocycles. The Labute approximate surface area is 360 Å². The fraction of sp³-hybridized carbons (Fsp3) is 0.283. The van der Waals surface area contributed by atoms with E-state index in [0.29, 0.717) is 53.9 Å². The minimum absolute atomic E-state index is 0.0681. The number of rotatable bonds is 12. The van der Waals surface area contributed by atoms with E-state index in [-0.39, 0.29) is 23.4 Å². The van der Waals surface area contributed by atoms with Crippen LogP contribution in [0.5, 0.6) is 5.75 Å². The van der Waals surface area contributed by atoms with Crippen molar-refractivity contribution >= 4 is 68.1 Å². The Morgan fingerprint density at radius 1 is 0.742 bits per heavy atom. The number of fused-ring (bicyclic) bond motifs is 2. The van der Waals surface area contributed by atoms with Gasteiger partial charge in [-0.25, -0.2) is 29.9 Å². The van der Waals surface area contributed by atoms with E-state index in [1.165, 1.54) is 19.1 Å². The molecule has 16 heteroatoms. The van der Waals surface area contributed by atoms with Crippen LogP contribution in [0.15, 0.2) is 91.5 Å². The fourth-order valence-corrected chi connectivity index (χ4v) is 8.40. The van der Waals surface area contributed by atoms with E-state index in [0.717, 1.165) is 89.2 Å². The number of nitrogens with one attached hydrogen (secondary N) is 4. The lowest BCUT2D eigenvalue weighted by Crippen LogP contribution is -2.55. The molecule has 316 valence electrons. The number of aryl methyl sites for hydroxylation is 1. The lowest BCUT2D eigenvalue weighted by atomic mass is 10.0. The standard InChI is InChI=1S/C46H51N15O/c1-28-10-8-13-31-21-33(46(58-40(28)31)60-16-6-3-7-17-60)23-50-42-37(38(47)30-12-9-14-34(62)22-30)43(54-27-53-42)57-36-25-61(19-18-59(36)2)45-32(20-29-11-4-5-15-35(29)56-45)24-51-44-39(48)41(49)52-26-55-44/h4-5,8-15,20-22,26-27,36,47,62H,3,6-7,16-19,23-25,48H2,1-2H3,(H3,49,51,52,55)(H2,50,53,54,57). The number of phenols is 1. The predicted octanol–water partition coefficient (Wildman–Crippen LogP) is 6.36. The summed E-state index contributed by atoms with van der Waals surface area (Å²) in [6.45, 7) is 6.83. The Morgan fingerprint density at radius 2 is 1.44 bits per heavy atom. The van der Waals surface area contributed by atoms with Gasteiger partial charge in [-0.3, -0.25) is 10.3 Å². The van der Waals surface area contributed by atoms with Crippen LogP contribution in [0.1, 0.15) is 47.1 Å². The molecule has 2 aliphatic rings. The minimum atomic E-state index is -0.243. The average molecular weight is 830 g/mol. The first-order chi connectivity index (χ1) is 30.2. The number of nitrogens with two attached hydrogens (primary N) is 2. The van der Waals surface area contributed by atoms with Gasteiger partial charge in [0, 0.05) is 66.7 Å². The van der Waals surface area contributed by atoms with Gasteiger partial charge in [0.1, 0.15) is 47.4 Å². The highest BCUT2D eigenvalue weighted by Crippen LogP contribution is 2.33. The lowest BCUT2D eigenvalue weighted by molar-refractivity contribution is 0.239. The summed E-state index contributed by atoms with van der Waals surface area (Å²) in [5, 5.41) is 32.9. The van der Waals surface area contributed by atoms with Gasteiger partial charge in [0.15, 0.2) is 11.6 Å². The number of benzene rings is 3. The summed E-state index contributed by atoms with van der Waals surface area (Å²) in [5.41, 5.74) is 18.7. The van der Waals surface area contributed by atoms with Crippen molar-refractivity contribution < 1.29 is 5.11 Å². The molecule has 9 rings (SSSR count). The number of pyridine rings is 2. The van der Waals surface area contributed by atoms with Crippen LogP contribution in [0.3, 0.4) is 0 Å². The van der Waals surface area contributed by atoms with Gasteiger partial charge in [0.25, 0.3) is 0 Å². The van der Waals surface area contributed by atoms with E-state index in [1.807, 2.05) is 24.3 Å². The van der Waals surface area contributed by atoms with Crippen molar-refractivity contribution in [1.29, 1.82) is 5.41 Å². The lowest BCUT2D eigenvalue weighted by Gasteiger charge is -2.41. The zero-order chi connectivity index (χ0) is 42.7. The molecule has 0 spiro atoms. The molecule has 7 aromatic rings. The van der Waals surface area contributed by atoms with E-state index >= 15 is 0 Å². The maximum absolute atomic E-state index is 10.5. The molecule has 0 amide bonds. The summed E-state index contributed by atoms with van der Waals surface area (Å²) >= 11 is 0. The Kier molecular flexibility index (Phi) is 11.2. The van der Waals surface area contributed by atoms with Crippen molar-refractivity contribution in [2.45, 2.75) is 45.4 Å². The number of aromatic hydroxyl groups is 1. The molecule has 3 aromatic carbocycles. The zero-order valence-corrected chi connectivity index (χ0v) is 34.9. The highest BCUT2D eigenvalue weighted by Gasteiger charge is 2.30. The van der Waals surface area contributed by atoms with Gasteiger partial charge in [-0.15, -0.1) is 0 Å². The molecule has 2 saturated heterocycles. The van der Waals surface area contributed by atoms with Crippen molar-refractivity contribution in [3.05, 3.63) is 119 Å². The van der Waals surface area contributed by atoms with E-state index in [2.05, 4.69) is 91.0 Å². The third-order valence-corrected chi connectivity index (χ3v) is 11.8. The first-order valence-electron chi connectivity index (χ1n) is 21.0. The second-order valence-electron chi connectivity index (χ2n) is 16.0. The molecule has 9 N–H and O–H groups in total. The molecule has 16 nitrogen and oxygen atoms in total. The molecule has 6 heterocycles. The summed E-state index contributed by atoms with van der Waals surface area (Å²) in [6, 6.07) is 25.4. The Hall–Kier alpha value is -7.33. The van der Waals surface area contributed by atoms with Crippen molar-refractivity contribution in [3.63, 3.8) is 0 Å². The molecule has 2 aliphatic heterocycles. The van der Waals surface area contributed by atoms with Crippen LogP contribution in [0, 0.1) is 12.3 Å². The molecule has 2 fully saturated rings. The molecular formula is C46H51N15O. The van der Waals surface area contributed by atoms with Crippen molar-refractivity contribution in [1.82, 2.24) is 34.8 Å². The quantitative estimate of drug-likeness (QED) is 0.0667. The summed E-state index contributed by atoms with van der Waals surface area (Å²) in [5.74, 6) is 3.53. The van der Waals surface area contributed by atoms with Gasteiger partial charge in [0.05, 0.1) is 35.0 Å². The van der Waals surface area contributed by atoms with Crippen LogP contribution in [0.2, 0.25) is 0 Å². The Bertz CT molecular complexity index is 2770. The number of hydrogen-bond donors (Lipinski definition) is 7. The van der Waals surface area contributed by atoms with Crippen molar-refractivity contribution in [2.24, 2.45) is 0 Å². The van der Waals surface area contributed by atoms with Crippen molar-refractivity contribution in [2.75, 3.05) is 77.0 Å². The number of hydrogen-bond acceptors (Lipinski definition) is 16. The highest BCUT2D eigenvalue weighted by molar-refractivity contribution is 6.16. The number of piperazine rings is 1. The second kappa shape index (κ2) is 17.3. The van der Waals surface area contributed by atoms with Gasteiger partial charge in [-0.1, -0.05) is 48.5 Å². The largest absolute Gasteiger partial charge is 0.508 e. The number of piperidine rings is 1. The van der Waals surface area contributed by atoms with Gasteiger partial charge in [-0.2, -0.15) is 0 Å². The smallest absolute Gasteiger partial charge is 0.155 e. The fourth-order valence-electron chi connectivity index (χ4n) is 8.40. The molecule has 0 aliphatic carbocycles. The van der Waals surface area contributed by atoms with Crippen LogP contribution in [-0.4, -0.2) is 91.6 Å². The topological polar surface area (TPSA) is 219 Å². The van der Waals surface area contributed by atoms with Gasteiger partial charge in [-0.05, 0) is 69.1 Å². The molecule has 62 heavy (non-hydrogen) atoms. The van der Waals surface area contributed by atoms with Crippen LogP contribution in [-0.2, 0) is 13.1 Å². The normalized spacial score (nSPS) is 15.8. The van der Waals surface area contributed by atoms with Gasteiger partial charge in [0.2, 0.25) is 0 Å². The third kappa shape index (κ3) is 8.24. The van der Waals surface area contributed by atoms with Crippen molar-refractivity contribution in [3.8, 4) is 5.75 Å². The highest BCUT2D eigenvalue weighted by atomic mass is 16.3. The summed E-state index contributed by atoms with van der Waals surface area (Å²) in [4.78, 5) is 35.2. The van der Waals surface area contributed by atoms with Crippen LogP contribution >= 0.6 is 0 Å². The molecule has 0 bridgehead atoms. The molecule has 0 radical (unpaired) electrons. The number of aromatic nitrogens is 6. The number of nitrogen functional groups attached to an aromatic ring is 2. The number of phenolic OH excluding ortho intramolecular Hbond substituents is 1. The molecule has 1 unspecified atom stereocenters. The predicted molar refractivity (Wildman–Crippen MR) is 248 cm³/mol. The minimum Gasteiger partial charge on any atom is -0.508 e. The summed E-state index contributed by atoms with van der Waals surface area (Å²) < 4.78 is 0. The number of likely N-dealkylation sites (N-methyl/N-ethyl adjacent to an activating group) is 1. The van der Waals surface area contributed by atoms with E-state index in [9.17, 15) is 10.5 Å². The van der Waals surface area contributed by atoms with Gasteiger partial charge < -0.3 is 42.3 Å². The van der Waals surface area contributed by atoms with Crippen LogP contribution in [0.25, 0.3) is 21.8 Å².